The lowest BCUT2D eigenvalue weighted by Gasteiger charge is -2.04. The fourth-order valence-electron chi connectivity index (χ4n) is 1.47. The monoisotopic (exact) mass is 224 g/mol. The summed E-state index contributed by atoms with van der Waals surface area (Å²) in [4.78, 5) is 0. The summed E-state index contributed by atoms with van der Waals surface area (Å²) >= 11 is 0. The minimum Gasteiger partial charge on any atom is -0.381 e. The number of nitrogens with zero attached hydrogens (tertiary/aromatic N) is 3. The number of rotatable bonds is 2. The van der Waals surface area contributed by atoms with E-state index in [2.05, 4.69) is 10.3 Å². The van der Waals surface area contributed by atoms with Crippen molar-refractivity contribution in [1.82, 2.24) is 15.0 Å². The van der Waals surface area contributed by atoms with Crippen LogP contribution in [-0.2, 0) is 6.42 Å². The molecule has 2 aromatic rings. The van der Waals surface area contributed by atoms with Crippen LogP contribution in [0.5, 0.6) is 0 Å². The van der Waals surface area contributed by atoms with Gasteiger partial charge in [0.1, 0.15) is 0 Å². The van der Waals surface area contributed by atoms with Crippen LogP contribution in [0.15, 0.2) is 18.2 Å². The smallest absolute Gasteiger partial charge is 0.169 e. The Hall–Kier alpha value is -1.98. The molecule has 2 N–H and O–H groups in total. The Morgan fingerprint density at radius 3 is 2.69 bits per heavy atom. The molecule has 0 amide bonds. The van der Waals surface area contributed by atoms with Gasteiger partial charge in [0.05, 0.1) is 11.4 Å². The second-order valence-corrected chi connectivity index (χ2v) is 3.29. The zero-order valence-corrected chi connectivity index (χ0v) is 8.61. The maximum absolute atomic E-state index is 13.0. The van der Waals surface area contributed by atoms with E-state index in [1.807, 2.05) is 6.92 Å². The molecule has 0 fully saturated rings. The summed E-state index contributed by atoms with van der Waals surface area (Å²) in [6, 6.07) is 3.52. The van der Waals surface area contributed by atoms with Gasteiger partial charge in [-0.05, 0) is 18.6 Å². The lowest BCUT2D eigenvalue weighted by Crippen LogP contribution is -2.03. The van der Waals surface area contributed by atoms with Crippen molar-refractivity contribution >= 4 is 5.82 Å². The zero-order chi connectivity index (χ0) is 11.7. The standard InChI is InChI=1S/C10H10F2N4/c1-2-9-10(13)14-15-16(9)6-3-4-7(11)8(12)5-6/h3-5H,2,13H2,1H3. The van der Waals surface area contributed by atoms with Gasteiger partial charge in [-0.15, -0.1) is 5.10 Å². The third kappa shape index (κ3) is 1.62. The molecular weight excluding hydrogens is 214 g/mol. The molecule has 0 unspecified atom stereocenters. The molecule has 0 atom stereocenters. The van der Waals surface area contributed by atoms with E-state index in [-0.39, 0.29) is 0 Å². The third-order valence-corrected chi connectivity index (χ3v) is 2.28. The predicted octanol–water partition coefficient (Wildman–Crippen LogP) is 1.69. The van der Waals surface area contributed by atoms with E-state index in [1.54, 1.807) is 0 Å². The summed E-state index contributed by atoms with van der Waals surface area (Å²) in [6.07, 6.45) is 0.609. The molecule has 1 aromatic heterocycles. The summed E-state index contributed by atoms with van der Waals surface area (Å²) in [6.45, 7) is 1.88. The van der Waals surface area contributed by atoms with Crippen LogP contribution < -0.4 is 5.73 Å². The number of nitrogen functional groups attached to an aromatic ring is 1. The predicted molar refractivity (Wildman–Crippen MR) is 55.1 cm³/mol. The summed E-state index contributed by atoms with van der Waals surface area (Å²) in [7, 11) is 0. The van der Waals surface area contributed by atoms with Crippen molar-refractivity contribution < 1.29 is 8.78 Å². The van der Waals surface area contributed by atoms with Gasteiger partial charge in [-0.25, -0.2) is 13.5 Å². The average molecular weight is 224 g/mol. The highest BCUT2D eigenvalue weighted by atomic mass is 19.2. The van der Waals surface area contributed by atoms with Gasteiger partial charge < -0.3 is 5.73 Å². The second kappa shape index (κ2) is 3.88. The molecule has 0 aliphatic rings. The van der Waals surface area contributed by atoms with Crippen molar-refractivity contribution in [2.45, 2.75) is 13.3 Å². The number of hydrogen-bond donors (Lipinski definition) is 1. The van der Waals surface area contributed by atoms with Gasteiger partial charge in [0.25, 0.3) is 0 Å². The molecule has 4 nitrogen and oxygen atoms in total. The lowest BCUT2D eigenvalue weighted by atomic mass is 10.2. The molecule has 1 heterocycles. The van der Waals surface area contributed by atoms with Crippen LogP contribution in [-0.4, -0.2) is 15.0 Å². The number of anilines is 1. The molecule has 16 heavy (non-hydrogen) atoms. The van der Waals surface area contributed by atoms with Crippen molar-refractivity contribution in [2.75, 3.05) is 5.73 Å². The quantitative estimate of drug-likeness (QED) is 0.844. The topological polar surface area (TPSA) is 56.7 Å². The van der Waals surface area contributed by atoms with Crippen LogP contribution in [0, 0.1) is 11.6 Å². The summed E-state index contributed by atoms with van der Waals surface area (Å²) < 4.78 is 27.2. The average Bonchev–Trinajstić information content (AvgIpc) is 2.63. The number of hydrogen-bond acceptors (Lipinski definition) is 3. The van der Waals surface area contributed by atoms with E-state index in [4.69, 9.17) is 5.73 Å². The lowest BCUT2D eigenvalue weighted by molar-refractivity contribution is 0.507. The first-order chi connectivity index (χ1) is 7.63. The Morgan fingerprint density at radius 1 is 1.31 bits per heavy atom. The maximum atomic E-state index is 13.0. The van der Waals surface area contributed by atoms with Crippen LogP contribution in [0.4, 0.5) is 14.6 Å². The SMILES string of the molecule is CCc1c(N)nnn1-c1ccc(F)c(F)c1. The molecule has 0 radical (unpaired) electrons. The second-order valence-electron chi connectivity index (χ2n) is 3.29. The van der Waals surface area contributed by atoms with E-state index < -0.39 is 11.6 Å². The highest BCUT2D eigenvalue weighted by molar-refractivity contribution is 5.41. The van der Waals surface area contributed by atoms with E-state index in [0.717, 1.165) is 12.1 Å². The highest BCUT2D eigenvalue weighted by Crippen LogP contribution is 2.17. The van der Waals surface area contributed by atoms with Crippen LogP contribution in [0.3, 0.4) is 0 Å². The van der Waals surface area contributed by atoms with E-state index in [0.29, 0.717) is 23.6 Å². The zero-order valence-electron chi connectivity index (χ0n) is 8.61. The molecular formula is C10H10F2N4. The Kier molecular flexibility index (Phi) is 2.55. The first-order valence-electron chi connectivity index (χ1n) is 4.79. The fraction of sp³-hybridized carbons (Fsp3) is 0.200. The maximum Gasteiger partial charge on any atom is 0.169 e. The Labute approximate surface area is 90.7 Å². The molecule has 0 spiro atoms. The molecule has 0 bridgehead atoms. The van der Waals surface area contributed by atoms with E-state index >= 15 is 0 Å². The summed E-state index contributed by atoms with van der Waals surface area (Å²) in [5, 5.41) is 7.47. The first-order valence-corrected chi connectivity index (χ1v) is 4.79. The van der Waals surface area contributed by atoms with Crippen LogP contribution in [0.25, 0.3) is 5.69 Å². The van der Waals surface area contributed by atoms with Crippen molar-refractivity contribution in [3.05, 3.63) is 35.5 Å². The van der Waals surface area contributed by atoms with Crippen LogP contribution >= 0.6 is 0 Å². The number of nitrogens with two attached hydrogens (primary N) is 1. The van der Waals surface area contributed by atoms with Crippen molar-refractivity contribution in [3.63, 3.8) is 0 Å². The molecule has 6 heteroatoms. The van der Waals surface area contributed by atoms with E-state index in [9.17, 15) is 8.78 Å². The van der Waals surface area contributed by atoms with Crippen molar-refractivity contribution in [2.24, 2.45) is 0 Å². The van der Waals surface area contributed by atoms with Gasteiger partial charge in [0.2, 0.25) is 0 Å². The van der Waals surface area contributed by atoms with Gasteiger partial charge in [0.15, 0.2) is 17.5 Å². The minimum absolute atomic E-state index is 0.298. The van der Waals surface area contributed by atoms with Crippen LogP contribution in [0.2, 0.25) is 0 Å². The highest BCUT2D eigenvalue weighted by Gasteiger charge is 2.11. The van der Waals surface area contributed by atoms with Gasteiger partial charge in [-0.2, -0.15) is 0 Å². The number of benzene rings is 1. The Morgan fingerprint density at radius 2 is 2.06 bits per heavy atom. The molecule has 1 aromatic carbocycles. The minimum atomic E-state index is -0.923. The Balaban J connectivity index is 2.54. The van der Waals surface area contributed by atoms with Crippen molar-refractivity contribution in [1.29, 1.82) is 0 Å². The summed E-state index contributed by atoms with van der Waals surface area (Å²) in [5.41, 5.74) is 6.67. The number of aromatic nitrogens is 3. The molecule has 0 saturated heterocycles. The third-order valence-electron chi connectivity index (χ3n) is 2.28. The van der Waals surface area contributed by atoms with Gasteiger partial charge in [-0.1, -0.05) is 12.1 Å². The largest absolute Gasteiger partial charge is 0.381 e. The van der Waals surface area contributed by atoms with E-state index in [1.165, 1.54) is 10.7 Å². The first kappa shape index (κ1) is 10.5. The molecule has 84 valence electrons. The normalized spacial score (nSPS) is 10.7. The van der Waals surface area contributed by atoms with Gasteiger partial charge >= 0.3 is 0 Å². The molecule has 2 rings (SSSR count). The fourth-order valence-corrected chi connectivity index (χ4v) is 1.47. The Bertz CT molecular complexity index is 522. The number of halogens is 2. The van der Waals surface area contributed by atoms with Crippen LogP contribution in [0.1, 0.15) is 12.6 Å². The van der Waals surface area contributed by atoms with Gasteiger partial charge in [0, 0.05) is 6.07 Å². The molecule has 0 saturated carbocycles. The molecule has 0 aliphatic heterocycles. The summed E-state index contributed by atoms with van der Waals surface area (Å²) in [5.74, 6) is -1.52. The molecule has 0 aliphatic carbocycles. The van der Waals surface area contributed by atoms with Gasteiger partial charge in [-0.3, -0.25) is 0 Å². The van der Waals surface area contributed by atoms with Crippen molar-refractivity contribution in [3.8, 4) is 5.69 Å².